The Hall–Kier alpha value is -5.90. The molecule has 6 aromatic rings. The van der Waals surface area contributed by atoms with Crippen LogP contribution >= 0.6 is 0 Å². The van der Waals surface area contributed by atoms with E-state index in [9.17, 15) is 31.5 Å². The fourth-order valence-electron chi connectivity index (χ4n) is 12.3. The molecule has 4 aromatic heterocycles. The van der Waals surface area contributed by atoms with Crippen LogP contribution in [0.3, 0.4) is 0 Å². The highest BCUT2D eigenvalue weighted by Crippen LogP contribution is 2.60. The van der Waals surface area contributed by atoms with Crippen LogP contribution in [0, 0.1) is 34.5 Å². The van der Waals surface area contributed by atoms with E-state index < -0.39 is 33.7 Å². The van der Waals surface area contributed by atoms with E-state index in [0.29, 0.717) is 72.1 Å². The molecule has 18 nitrogen and oxygen atoms in total. The number of aromatic carboxylic acids is 1. The summed E-state index contributed by atoms with van der Waals surface area (Å²) in [5.41, 5.74) is 14.9. The molecule has 2 aromatic carbocycles. The first-order chi connectivity index (χ1) is 36.6. The maximum Gasteiger partial charge on any atom is 0.356 e. The maximum absolute atomic E-state index is 13.1. The number of sulfone groups is 2. The zero-order valence-corrected chi connectivity index (χ0v) is 47.5. The van der Waals surface area contributed by atoms with E-state index in [1.807, 2.05) is 58.2 Å². The number of amides is 1. The monoisotopic (exact) mass is 1110 g/mol. The van der Waals surface area contributed by atoms with Crippen LogP contribution in [0.15, 0.2) is 85.5 Å². The number of nitrogen functional groups attached to an aromatic ring is 1. The number of fused-ring (bicyclic) bond motifs is 4. The van der Waals surface area contributed by atoms with Crippen LogP contribution in [0.5, 0.6) is 0 Å². The number of rotatable bonds is 14. The van der Waals surface area contributed by atoms with Crippen molar-refractivity contribution in [2.45, 2.75) is 123 Å². The molecule has 6 aliphatic rings. The van der Waals surface area contributed by atoms with E-state index in [1.165, 1.54) is 12.8 Å². The third kappa shape index (κ3) is 12.5. The minimum Gasteiger partial charge on any atom is -0.476 e. The summed E-state index contributed by atoms with van der Waals surface area (Å²) >= 11 is 0. The van der Waals surface area contributed by atoms with Crippen molar-refractivity contribution in [2.24, 2.45) is 34.5 Å². The van der Waals surface area contributed by atoms with Gasteiger partial charge < -0.3 is 20.9 Å². The standard InChI is InChI=1S/C25H29N5O3S.C16H26N2O3Si.C15H19N3O2S/c1-25-12-18(25)11-20-21(13-25)28-29-22(20)24(31)27-19-14-26-30(15-19)23(16-5-3-2-4-6-16)17-7-9-34(32,33)10-8-17;1-16-8-11(16)7-12-13(9-16)18(17-14(12)15(19)20)10-21-5-6-22(2,3)4;16-14-10-17-18(11-14)15(12-4-2-1-3-5-12)13-6-8-21(19,20)9-7-13/h2-6,14-15,17-18,23H,7-13H2,1H3,(H,27,31)(H,28,29);11H,5-10H2,1-4H3,(H,19,20);1-5,10-11,13,15H,6-9,16H2. The lowest BCUT2D eigenvalue weighted by Crippen LogP contribution is -2.30. The molecule has 4 aliphatic carbocycles. The molecular weight excluding hydrogens is 1030 g/mol. The number of anilines is 2. The van der Waals surface area contributed by atoms with Crippen molar-refractivity contribution in [2.75, 3.05) is 40.7 Å². The van der Waals surface area contributed by atoms with Gasteiger partial charge in [-0.2, -0.15) is 20.4 Å². The minimum atomic E-state index is -2.96. The van der Waals surface area contributed by atoms with E-state index in [2.05, 4.69) is 88.6 Å². The van der Waals surface area contributed by atoms with Gasteiger partial charge in [0.15, 0.2) is 11.4 Å². The molecule has 6 atom stereocenters. The number of benzene rings is 2. The first-order valence-corrected chi connectivity index (χ1v) is 34.5. The van der Waals surface area contributed by atoms with Crippen molar-refractivity contribution in [1.29, 1.82) is 0 Å². The zero-order valence-electron chi connectivity index (χ0n) is 44.9. The Bertz CT molecular complexity index is 3310. The van der Waals surface area contributed by atoms with E-state index in [0.717, 1.165) is 72.0 Å². The summed E-state index contributed by atoms with van der Waals surface area (Å²) in [6.07, 6.45) is 15.6. The lowest BCUT2D eigenvalue weighted by atomic mass is 9.87. The van der Waals surface area contributed by atoms with Crippen LogP contribution in [0.25, 0.3) is 0 Å². The molecule has 6 heterocycles. The van der Waals surface area contributed by atoms with Gasteiger partial charge in [0.2, 0.25) is 0 Å². The van der Waals surface area contributed by atoms with Gasteiger partial charge in [-0.15, -0.1) is 0 Å². The Kier molecular flexibility index (Phi) is 15.1. The average Bonchev–Trinajstić information content (AvgIpc) is 3.95. The highest BCUT2D eigenvalue weighted by molar-refractivity contribution is 7.91. The quantitative estimate of drug-likeness (QED) is 0.0592. The summed E-state index contributed by atoms with van der Waals surface area (Å²) in [5.74, 6) is 1.50. The third-order valence-electron chi connectivity index (χ3n) is 17.3. The number of carboxylic acids is 1. The first-order valence-electron chi connectivity index (χ1n) is 27.2. The average molecular weight is 1110 g/mol. The van der Waals surface area contributed by atoms with Gasteiger partial charge in [-0.05, 0) is 116 Å². The van der Waals surface area contributed by atoms with Crippen LogP contribution in [0.1, 0.15) is 119 Å². The Morgan fingerprint density at radius 3 is 1.84 bits per heavy atom. The van der Waals surface area contributed by atoms with Crippen LogP contribution in [-0.2, 0) is 56.8 Å². The summed E-state index contributed by atoms with van der Waals surface area (Å²) in [7, 11) is -6.92. The van der Waals surface area contributed by atoms with Gasteiger partial charge in [-0.3, -0.25) is 19.3 Å². The fourth-order valence-corrected chi connectivity index (χ4v) is 16.2. The van der Waals surface area contributed by atoms with Crippen molar-refractivity contribution in [3.63, 3.8) is 0 Å². The lowest BCUT2D eigenvalue weighted by molar-refractivity contribution is 0.0667. The number of hydrogen-bond donors (Lipinski definition) is 4. The van der Waals surface area contributed by atoms with Gasteiger partial charge in [-0.1, -0.05) is 94.2 Å². The van der Waals surface area contributed by atoms with E-state index in [1.54, 1.807) is 17.1 Å². The molecule has 6 unspecified atom stereocenters. The number of H-pyrrole nitrogens is 1. The third-order valence-corrected chi connectivity index (χ3v) is 22.4. The number of nitrogens with two attached hydrogens (primary N) is 1. The molecule has 0 radical (unpaired) electrons. The number of aromatic nitrogens is 8. The SMILES string of the molecule is CC12Cc3[nH]nc(C(=O)Nc4cnn(C(c5ccccc5)C5CCS(=O)(=O)CC5)c4)c3CC1C2.CC12Cc3c(c(C(=O)O)nn3COCC[Si](C)(C)C)CC1C2.Nc1cnn(C(c2ccccc2)C2CCS(=O)(=O)CC2)c1. The number of carboxylic acid groups (broad SMARTS) is 1. The zero-order chi connectivity index (χ0) is 54.5. The summed E-state index contributed by atoms with van der Waals surface area (Å²) in [5, 5.41) is 33.0. The van der Waals surface area contributed by atoms with Crippen molar-refractivity contribution < 1.29 is 36.3 Å². The molecule has 412 valence electrons. The summed E-state index contributed by atoms with van der Waals surface area (Å²) in [6.45, 7) is 12.7. The largest absolute Gasteiger partial charge is 0.476 e. The van der Waals surface area contributed by atoms with Gasteiger partial charge in [0, 0.05) is 49.6 Å². The molecule has 77 heavy (non-hydrogen) atoms. The van der Waals surface area contributed by atoms with Crippen LogP contribution in [0.2, 0.25) is 25.7 Å². The first kappa shape index (κ1) is 54.5. The Labute approximate surface area is 452 Å². The Morgan fingerprint density at radius 2 is 1.31 bits per heavy atom. The van der Waals surface area contributed by atoms with Crippen molar-refractivity contribution in [3.8, 4) is 0 Å². The smallest absolute Gasteiger partial charge is 0.356 e. The van der Waals surface area contributed by atoms with Crippen molar-refractivity contribution >= 4 is 51.0 Å². The molecule has 1 amide bonds. The molecule has 0 bridgehead atoms. The van der Waals surface area contributed by atoms with E-state index in [4.69, 9.17) is 10.5 Å². The van der Waals surface area contributed by atoms with Crippen molar-refractivity contribution in [1.82, 2.24) is 39.5 Å². The molecule has 2 aliphatic heterocycles. The topological polar surface area (TPSA) is 252 Å². The molecule has 21 heteroatoms. The number of hydrogen-bond acceptors (Lipinski definition) is 12. The molecule has 12 rings (SSSR count). The fraction of sp³-hybridized carbons (Fsp3) is 0.536. The number of ether oxygens (including phenoxy) is 1. The molecule has 5 N–H and O–H groups in total. The van der Waals surface area contributed by atoms with Crippen LogP contribution < -0.4 is 11.1 Å². The number of aromatic amines is 1. The van der Waals surface area contributed by atoms with Crippen molar-refractivity contribution in [3.05, 3.63) is 130 Å². The Balaban J connectivity index is 0.000000137. The van der Waals surface area contributed by atoms with E-state index >= 15 is 0 Å². The van der Waals surface area contributed by atoms with Gasteiger partial charge in [-0.25, -0.2) is 26.3 Å². The second-order valence-electron chi connectivity index (χ2n) is 24.4. The van der Waals surface area contributed by atoms with Gasteiger partial charge in [0.05, 0.1) is 58.9 Å². The second kappa shape index (κ2) is 21.4. The molecule has 4 fully saturated rings. The molecular formula is C56H74N10O8S2Si. The van der Waals surface area contributed by atoms with Gasteiger partial charge in [0.1, 0.15) is 26.4 Å². The Morgan fingerprint density at radius 1 is 0.779 bits per heavy atom. The maximum atomic E-state index is 13.1. The predicted molar refractivity (Wildman–Crippen MR) is 298 cm³/mol. The van der Waals surface area contributed by atoms with Crippen LogP contribution in [-0.4, -0.2) is 111 Å². The lowest BCUT2D eigenvalue weighted by Gasteiger charge is -2.30. The summed E-state index contributed by atoms with van der Waals surface area (Å²) < 4.78 is 58.6. The predicted octanol–water partition coefficient (Wildman–Crippen LogP) is 8.30. The number of carbonyl (C=O) groups excluding carboxylic acids is 1. The van der Waals surface area contributed by atoms with Crippen LogP contribution in [0.4, 0.5) is 11.4 Å². The summed E-state index contributed by atoms with van der Waals surface area (Å²) in [6, 6.07) is 21.2. The number of nitrogens with one attached hydrogen (secondary N) is 2. The van der Waals surface area contributed by atoms with Gasteiger partial charge >= 0.3 is 5.97 Å². The minimum absolute atomic E-state index is 0.0407. The molecule has 0 spiro atoms. The van der Waals surface area contributed by atoms with E-state index in [-0.39, 0.29) is 58.5 Å². The molecule has 2 saturated carbocycles. The van der Waals surface area contributed by atoms with Gasteiger partial charge in [0.25, 0.3) is 5.91 Å². The highest BCUT2D eigenvalue weighted by Gasteiger charge is 2.55. The highest BCUT2D eigenvalue weighted by atomic mass is 32.2. The number of nitrogens with zero attached hydrogens (tertiary/aromatic N) is 7. The number of carbonyl (C=O) groups is 2. The second-order valence-corrected chi connectivity index (χ2v) is 34.7. The summed E-state index contributed by atoms with van der Waals surface area (Å²) in [4.78, 5) is 24.5. The normalized spacial score (nSPS) is 24.7. The molecule has 2 saturated heterocycles.